The number of hydrogen-bond donors (Lipinski definition) is 0. The van der Waals surface area contributed by atoms with Crippen LogP contribution < -0.4 is 4.74 Å². The first-order chi connectivity index (χ1) is 11.4. The molecule has 24 heavy (non-hydrogen) atoms. The summed E-state index contributed by atoms with van der Waals surface area (Å²) in [5.74, 6) is 1.03. The first kappa shape index (κ1) is 18.3. The predicted octanol–water partition coefficient (Wildman–Crippen LogP) is 2.87. The largest absolute Gasteiger partial charge is 0.491 e. The molecule has 0 spiro atoms. The summed E-state index contributed by atoms with van der Waals surface area (Å²) in [6.07, 6.45) is 1.56. The lowest BCUT2D eigenvalue weighted by atomic mass is 10.1. The molecule has 1 heterocycles. The van der Waals surface area contributed by atoms with Crippen molar-refractivity contribution in [3.63, 3.8) is 0 Å². The van der Waals surface area contributed by atoms with Crippen LogP contribution in [0.5, 0.6) is 5.75 Å². The second kappa shape index (κ2) is 8.18. The van der Waals surface area contributed by atoms with Gasteiger partial charge in [-0.1, -0.05) is 6.92 Å². The zero-order chi connectivity index (χ0) is 17.7. The molecule has 1 aliphatic heterocycles. The van der Waals surface area contributed by atoms with Crippen molar-refractivity contribution in [1.82, 2.24) is 9.80 Å². The molecule has 0 saturated carbocycles. The molecule has 0 radical (unpaired) electrons. The van der Waals surface area contributed by atoms with Crippen molar-refractivity contribution in [3.05, 3.63) is 29.3 Å². The second-order valence-corrected chi connectivity index (χ2v) is 6.57. The molecule has 1 aliphatic rings. The molecule has 0 N–H and O–H groups in total. The lowest BCUT2D eigenvalue weighted by Crippen LogP contribution is -2.50. The zero-order valence-electron chi connectivity index (χ0n) is 15.2. The Hall–Kier alpha value is -2.04. The first-order valence-corrected chi connectivity index (χ1v) is 8.76. The summed E-state index contributed by atoms with van der Waals surface area (Å²) in [6, 6.07) is 5.57. The topological polar surface area (TPSA) is 49.9 Å². The summed E-state index contributed by atoms with van der Waals surface area (Å²) in [7, 11) is 0. The number of carbonyl (C=O) groups excluding carboxylic acids is 2. The van der Waals surface area contributed by atoms with E-state index in [0.29, 0.717) is 38.2 Å². The number of ether oxygens (including phenoxy) is 1. The number of piperazine rings is 1. The normalized spacial score (nSPS) is 14.9. The maximum absolute atomic E-state index is 12.7. The number of rotatable bonds is 5. The van der Waals surface area contributed by atoms with Crippen LogP contribution in [0.4, 0.5) is 0 Å². The van der Waals surface area contributed by atoms with Crippen LogP contribution in [0.2, 0.25) is 0 Å². The Balaban J connectivity index is 1.98. The molecule has 132 valence electrons. The molecule has 1 saturated heterocycles. The highest BCUT2D eigenvalue weighted by Crippen LogP contribution is 2.21. The Morgan fingerprint density at radius 2 is 1.75 bits per heavy atom. The molecule has 0 atom stereocenters. The molecule has 2 amide bonds. The number of amides is 2. The maximum atomic E-state index is 12.7. The van der Waals surface area contributed by atoms with Crippen molar-refractivity contribution in [2.45, 2.75) is 46.6 Å². The summed E-state index contributed by atoms with van der Waals surface area (Å²) in [4.78, 5) is 28.3. The van der Waals surface area contributed by atoms with E-state index in [1.165, 1.54) is 0 Å². The van der Waals surface area contributed by atoms with Crippen molar-refractivity contribution in [2.24, 2.45) is 0 Å². The Morgan fingerprint density at radius 1 is 1.12 bits per heavy atom. The third-order valence-corrected chi connectivity index (χ3v) is 4.17. The van der Waals surface area contributed by atoms with E-state index in [1.54, 1.807) is 0 Å². The Kier molecular flexibility index (Phi) is 6.23. The van der Waals surface area contributed by atoms with Gasteiger partial charge in [0.05, 0.1) is 6.10 Å². The van der Waals surface area contributed by atoms with Crippen molar-refractivity contribution >= 4 is 11.8 Å². The third-order valence-electron chi connectivity index (χ3n) is 4.17. The summed E-state index contributed by atoms with van der Waals surface area (Å²) in [5.41, 5.74) is 1.64. The molecule has 5 heteroatoms. The van der Waals surface area contributed by atoms with E-state index in [-0.39, 0.29) is 17.9 Å². The maximum Gasteiger partial charge on any atom is 0.253 e. The van der Waals surface area contributed by atoms with E-state index in [4.69, 9.17) is 4.74 Å². The minimum Gasteiger partial charge on any atom is -0.491 e. The van der Waals surface area contributed by atoms with Crippen molar-refractivity contribution < 1.29 is 14.3 Å². The van der Waals surface area contributed by atoms with Crippen LogP contribution >= 0.6 is 0 Å². The molecule has 1 aromatic carbocycles. The van der Waals surface area contributed by atoms with Gasteiger partial charge in [0, 0.05) is 38.2 Å². The SMILES string of the molecule is CCCC(=O)N1CCN(C(=O)c2ccc(OC(C)C)c(C)c2)CC1. The van der Waals surface area contributed by atoms with Crippen LogP contribution in [-0.2, 0) is 4.79 Å². The fourth-order valence-corrected chi connectivity index (χ4v) is 2.88. The van der Waals surface area contributed by atoms with Crippen molar-refractivity contribution in [1.29, 1.82) is 0 Å². The summed E-state index contributed by atoms with van der Waals surface area (Å²) >= 11 is 0. The van der Waals surface area contributed by atoms with Gasteiger partial charge >= 0.3 is 0 Å². The van der Waals surface area contributed by atoms with E-state index in [0.717, 1.165) is 17.7 Å². The highest BCUT2D eigenvalue weighted by molar-refractivity contribution is 5.94. The van der Waals surface area contributed by atoms with Gasteiger partial charge in [0.25, 0.3) is 5.91 Å². The van der Waals surface area contributed by atoms with Crippen LogP contribution in [0.25, 0.3) is 0 Å². The van der Waals surface area contributed by atoms with E-state index >= 15 is 0 Å². The van der Waals surface area contributed by atoms with Crippen LogP contribution in [0, 0.1) is 6.92 Å². The second-order valence-electron chi connectivity index (χ2n) is 6.57. The Bertz CT molecular complexity index is 590. The van der Waals surface area contributed by atoms with E-state index in [9.17, 15) is 9.59 Å². The van der Waals surface area contributed by atoms with E-state index in [1.807, 2.05) is 55.7 Å². The molecule has 0 bridgehead atoms. The number of nitrogens with zero attached hydrogens (tertiary/aromatic N) is 2. The molecular weight excluding hydrogens is 304 g/mol. The van der Waals surface area contributed by atoms with Gasteiger partial charge < -0.3 is 14.5 Å². The molecular formula is C19H28N2O3. The minimum atomic E-state index is 0.0248. The van der Waals surface area contributed by atoms with Gasteiger partial charge in [-0.3, -0.25) is 9.59 Å². The number of hydrogen-bond acceptors (Lipinski definition) is 3. The lowest BCUT2D eigenvalue weighted by molar-refractivity contribution is -0.132. The summed E-state index contributed by atoms with van der Waals surface area (Å²) in [6.45, 7) is 10.4. The van der Waals surface area contributed by atoms with Gasteiger partial charge in [0.1, 0.15) is 5.75 Å². The van der Waals surface area contributed by atoms with Crippen LogP contribution in [0.3, 0.4) is 0 Å². The van der Waals surface area contributed by atoms with Gasteiger partial charge in [0.2, 0.25) is 5.91 Å². The van der Waals surface area contributed by atoms with Gasteiger partial charge in [0.15, 0.2) is 0 Å². The fraction of sp³-hybridized carbons (Fsp3) is 0.579. The summed E-state index contributed by atoms with van der Waals surface area (Å²) < 4.78 is 5.72. The fourth-order valence-electron chi connectivity index (χ4n) is 2.88. The average molecular weight is 332 g/mol. The molecule has 2 rings (SSSR count). The Labute approximate surface area is 144 Å². The highest BCUT2D eigenvalue weighted by Gasteiger charge is 2.24. The predicted molar refractivity (Wildman–Crippen MR) is 94.3 cm³/mol. The number of benzene rings is 1. The Morgan fingerprint density at radius 3 is 2.29 bits per heavy atom. The third kappa shape index (κ3) is 4.49. The summed E-state index contributed by atoms with van der Waals surface area (Å²) in [5, 5.41) is 0. The van der Waals surface area contributed by atoms with Crippen LogP contribution in [-0.4, -0.2) is 53.9 Å². The molecule has 1 fully saturated rings. The number of carbonyl (C=O) groups is 2. The van der Waals surface area contributed by atoms with E-state index < -0.39 is 0 Å². The molecule has 0 unspecified atom stereocenters. The molecule has 5 nitrogen and oxygen atoms in total. The van der Waals surface area contributed by atoms with Gasteiger partial charge in [-0.2, -0.15) is 0 Å². The standard InChI is InChI=1S/C19H28N2O3/c1-5-6-18(22)20-9-11-21(12-10-20)19(23)16-7-8-17(15(4)13-16)24-14(2)3/h7-8,13-14H,5-6,9-12H2,1-4H3. The zero-order valence-corrected chi connectivity index (χ0v) is 15.2. The highest BCUT2D eigenvalue weighted by atomic mass is 16.5. The molecule has 1 aromatic rings. The van der Waals surface area contributed by atoms with Gasteiger partial charge in [-0.15, -0.1) is 0 Å². The molecule has 0 aliphatic carbocycles. The van der Waals surface area contributed by atoms with Crippen LogP contribution in [0.15, 0.2) is 18.2 Å². The van der Waals surface area contributed by atoms with Crippen LogP contribution in [0.1, 0.15) is 49.5 Å². The molecule has 0 aromatic heterocycles. The first-order valence-electron chi connectivity index (χ1n) is 8.76. The van der Waals surface area contributed by atoms with Crippen molar-refractivity contribution in [2.75, 3.05) is 26.2 Å². The van der Waals surface area contributed by atoms with Gasteiger partial charge in [-0.05, 0) is 51.0 Å². The lowest BCUT2D eigenvalue weighted by Gasteiger charge is -2.35. The number of aryl methyl sites for hydroxylation is 1. The smallest absolute Gasteiger partial charge is 0.253 e. The minimum absolute atomic E-state index is 0.0248. The van der Waals surface area contributed by atoms with Gasteiger partial charge in [-0.25, -0.2) is 0 Å². The van der Waals surface area contributed by atoms with Crippen molar-refractivity contribution in [3.8, 4) is 5.75 Å². The quantitative estimate of drug-likeness (QED) is 0.833. The average Bonchev–Trinajstić information content (AvgIpc) is 2.56. The monoisotopic (exact) mass is 332 g/mol. The van der Waals surface area contributed by atoms with E-state index in [2.05, 4.69) is 0 Å².